The summed E-state index contributed by atoms with van der Waals surface area (Å²) in [6.45, 7) is 8.48. The van der Waals surface area contributed by atoms with Gasteiger partial charge in [-0.1, -0.05) is 195 Å². The van der Waals surface area contributed by atoms with Gasteiger partial charge in [0.05, 0.1) is 39.9 Å². The number of fused-ring (bicyclic) bond motifs is 11. The van der Waals surface area contributed by atoms with E-state index in [9.17, 15) is 10.8 Å². The van der Waals surface area contributed by atoms with E-state index < -0.39 is 0 Å². The summed E-state index contributed by atoms with van der Waals surface area (Å²) in [4.78, 5) is 7.05. The van der Waals surface area contributed by atoms with Crippen LogP contribution in [0.3, 0.4) is 0 Å². The Labute approximate surface area is 524 Å². The SMILES string of the molecule is C=CC1=C(C=C)c2ccccc2N(c2ccc(-c3cc4n(n3)/C(=C/C(=N)c3ccc(N5C6=C(CCC=C6)c6ccccc6-c6ccccc65)cc3)N/C(=C/C(=N)c3ccc(N5C6=C(CCC=C6)c6ccccc6-c6ccccc65)cc3)N4)cc2)c2ccccc21. The van der Waals surface area contributed by atoms with E-state index in [4.69, 9.17) is 5.10 Å². The van der Waals surface area contributed by atoms with Crippen LogP contribution >= 0.6 is 0 Å². The van der Waals surface area contributed by atoms with E-state index in [1.165, 1.54) is 55.9 Å². The largest absolute Gasteiger partial charge is 0.326 e. The van der Waals surface area contributed by atoms with Crippen molar-refractivity contribution in [2.75, 3.05) is 20.0 Å². The summed E-state index contributed by atoms with van der Waals surface area (Å²) in [5.74, 6) is 1.82. The van der Waals surface area contributed by atoms with E-state index in [1.54, 1.807) is 0 Å². The number of para-hydroxylation sites is 4. The summed E-state index contributed by atoms with van der Waals surface area (Å²) >= 11 is 0. The maximum atomic E-state index is 9.77. The Hall–Kier alpha value is -11.8. The summed E-state index contributed by atoms with van der Waals surface area (Å²) in [7, 11) is 0. The number of nitrogens with zero attached hydrogens (tertiary/aromatic N) is 5. The van der Waals surface area contributed by atoms with Gasteiger partial charge in [0.2, 0.25) is 0 Å². The van der Waals surface area contributed by atoms with Gasteiger partial charge in [-0.25, -0.2) is 4.68 Å². The number of nitrogens with one attached hydrogen (secondary N) is 4. The second kappa shape index (κ2) is 22.2. The summed E-state index contributed by atoms with van der Waals surface area (Å²) < 4.78 is 1.82. The van der Waals surface area contributed by atoms with Gasteiger partial charge in [0.15, 0.2) is 0 Å². The van der Waals surface area contributed by atoms with E-state index in [-0.39, 0.29) is 0 Å². The molecule has 4 N–H and O–H groups in total. The third kappa shape index (κ3) is 9.05. The lowest BCUT2D eigenvalue weighted by molar-refractivity contribution is 0.811. The number of aromatic nitrogens is 2. The molecule has 4 aliphatic heterocycles. The number of rotatable bonds is 10. The smallest absolute Gasteiger partial charge is 0.137 e. The van der Waals surface area contributed by atoms with Gasteiger partial charge in [-0.3, -0.25) is 0 Å². The molecular weight excluding hydrogens is 1100 g/mol. The molecular formula is C81H61N9. The standard InChI is InChI=1S/C81H61N9/c1-3-58-59(4-2)65-26-10-16-32-74(65)87(73-31-15-9-25-64(58)73)57-47-41-54(42-48-57)72-51-81-85-79(49-70(82)52-37-43-55(44-38-52)88-75-33-17-11-27-66(75)60-21-5-6-22-61(60)67-28-12-18-34-76(67)88)84-80(90(81)86-72)50-71(83)53-39-45-56(46-40-53)89-77-35-19-13-29-68(77)62-23-7-8-24-63(62)69-30-14-20-36-78(69)89/h3-11,13,15-27,29,31-51,82-85H,1-2,12,14,28,30H2/b79-49-,80-50+,82-70?,83-71?. The van der Waals surface area contributed by atoms with Crippen molar-refractivity contribution < 1.29 is 0 Å². The zero-order valence-corrected chi connectivity index (χ0v) is 49.5. The average molecular weight is 1160 g/mol. The van der Waals surface area contributed by atoms with Crippen LogP contribution in [0.15, 0.2) is 303 Å². The molecule has 0 saturated heterocycles. The predicted molar refractivity (Wildman–Crippen MR) is 374 cm³/mol. The number of hydrogen-bond acceptors (Lipinski definition) is 8. The quantitative estimate of drug-likeness (QED) is 0.102. The highest BCUT2D eigenvalue weighted by Gasteiger charge is 2.31. The monoisotopic (exact) mass is 1160 g/mol. The lowest BCUT2D eigenvalue weighted by Crippen LogP contribution is -2.30. The molecule has 10 aromatic rings. The number of allylic oxidation sites excluding steroid dienone is 12. The summed E-state index contributed by atoms with van der Waals surface area (Å²) in [5, 5.41) is 31.8. The fourth-order valence-corrected chi connectivity index (χ4v) is 13.9. The normalized spacial score (nSPS) is 15.9. The third-order valence-electron chi connectivity index (χ3n) is 18.0. The lowest BCUT2D eigenvalue weighted by atomic mass is 9.90. The average Bonchev–Trinajstić information content (AvgIpc) is 1.67. The van der Waals surface area contributed by atoms with E-state index in [1.807, 2.05) is 59.3 Å². The molecule has 9 aromatic carbocycles. The minimum Gasteiger partial charge on any atom is -0.326 e. The fraction of sp³-hybridized carbons (Fsp3) is 0.0494. The molecule has 2 aliphatic carbocycles. The van der Waals surface area contributed by atoms with E-state index in [0.29, 0.717) is 28.9 Å². The molecule has 5 heterocycles. The first-order valence-electron chi connectivity index (χ1n) is 30.7. The highest BCUT2D eigenvalue weighted by molar-refractivity contribution is 6.12. The highest BCUT2D eigenvalue weighted by atomic mass is 15.4. The molecule has 0 amide bonds. The molecule has 0 radical (unpaired) electrons. The number of benzene rings is 9. The molecule has 1 aromatic heterocycles. The van der Waals surface area contributed by atoms with Crippen molar-refractivity contribution in [2.45, 2.75) is 25.7 Å². The van der Waals surface area contributed by atoms with Gasteiger partial charge >= 0.3 is 0 Å². The highest BCUT2D eigenvalue weighted by Crippen LogP contribution is 2.52. The van der Waals surface area contributed by atoms with Crippen LogP contribution in [0.5, 0.6) is 0 Å². The van der Waals surface area contributed by atoms with E-state index in [0.717, 1.165) is 110 Å². The summed E-state index contributed by atoms with van der Waals surface area (Å²) in [6.07, 6.45) is 20.5. The van der Waals surface area contributed by atoms with Crippen molar-refractivity contribution >= 4 is 85.2 Å². The lowest BCUT2D eigenvalue weighted by Gasteiger charge is -2.29. The van der Waals surface area contributed by atoms with Crippen molar-refractivity contribution in [3.63, 3.8) is 0 Å². The van der Waals surface area contributed by atoms with E-state index >= 15 is 0 Å². The molecule has 0 spiro atoms. The first-order chi connectivity index (χ1) is 44.4. The van der Waals surface area contributed by atoms with Gasteiger partial charge in [0.25, 0.3) is 0 Å². The van der Waals surface area contributed by atoms with Crippen LogP contribution in [0, 0.1) is 10.8 Å². The Kier molecular flexibility index (Phi) is 13.2. The zero-order chi connectivity index (χ0) is 60.4. The first kappa shape index (κ1) is 53.6. The van der Waals surface area contributed by atoms with Crippen LogP contribution in [0.4, 0.5) is 45.6 Å². The fourth-order valence-electron chi connectivity index (χ4n) is 13.9. The Morgan fingerprint density at radius 3 is 1.30 bits per heavy atom. The topological polar surface area (TPSA) is 99.3 Å². The van der Waals surface area contributed by atoms with Crippen molar-refractivity contribution in [3.05, 3.63) is 337 Å². The third-order valence-corrected chi connectivity index (χ3v) is 18.0. The molecule has 0 bridgehead atoms. The van der Waals surface area contributed by atoms with Crippen LogP contribution < -0.4 is 25.3 Å². The van der Waals surface area contributed by atoms with Gasteiger partial charge in [0.1, 0.15) is 17.5 Å². The Balaban J connectivity index is 0.747. The van der Waals surface area contributed by atoms with Gasteiger partial charge in [0, 0.05) is 74.5 Å². The van der Waals surface area contributed by atoms with Crippen LogP contribution in [0.25, 0.3) is 61.6 Å². The molecule has 430 valence electrons. The van der Waals surface area contributed by atoms with Crippen molar-refractivity contribution in [3.8, 4) is 33.5 Å². The Morgan fingerprint density at radius 1 is 0.422 bits per heavy atom. The molecule has 0 fully saturated rings. The summed E-state index contributed by atoms with van der Waals surface area (Å²) in [6, 6.07) is 78.9. The maximum Gasteiger partial charge on any atom is 0.137 e. The number of anilines is 8. The molecule has 6 aliphatic rings. The molecule has 9 nitrogen and oxygen atoms in total. The van der Waals surface area contributed by atoms with Crippen molar-refractivity contribution in [2.24, 2.45) is 0 Å². The van der Waals surface area contributed by atoms with Crippen LogP contribution in [0.2, 0.25) is 0 Å². The van der Waals surface area contributed by atoms with Crippen molar-refractivity contribution in [1.29, 1.82) is 10.8 Å². The van der Waals surface area contributed by atoms with Gasteiger partial charge in [-0.2, -0.15) is 5.10 Å². The predicted octanol–water partition coefficient (Wildman–Crippen LogP) is 20.2. The Morgan fingerprint density at radius 2 is 0.822 bits per heavy atom. The van der Waals surface area contributed by atoms with Gasteiger partial charge < -0.3 is 36.2 Å². The molecule has 0 atom stereocenters. The second-order valence-electron chi connectivity index (χ2n) is 23.1. The van der Waals surface area contributed by atoms with Gasteiger partial charge in [-0.05, 0) is 154 Å². The van der Waals surface area contributed by atoms with Crippen molar-refractivity contribution in [1.82, 2.24) is 15.1 Å². The minimum absolute atomic E-state index is 0.292. The molecule has 16 rings (SSSR count). The van der Waals surface area contributed by atoms with Gasteiger partial charge in [-0.15, -0.1) is 0 Å². The number of hydrogen-bond donors (Lipinski definition) is 4. The molecule has 9 heteroatoms. The van der Waals surface area contributed by atoms with Crippen LogP contribution in [-0.2, 0) is 0 Å². The first-order valence-corrected chi connectivity index (χ1v) is 30.7. The van der Waals surface area contributed by atoms with Crippen LogP contribution in [-0.4, -0.2) is 21.2 Å². The molecule has 0 unspecified atom stereocenters. The molecule has 0 saturated carbocycles. The van der Waals surface area contributed by atoms with E-state index in [2.05, 4.69) is 257 Å². The minimum atomic E-state index is 0.292. The molecule has 90 heavy (non-hydrogen) atoms. The Bertz CT molecular complexity index is 4840. The summed E-state index contributed by atoms with van der Waals surface area (Å²) in [5.41, 5.74) is 27.7. The maximum absolute atomic E-state index is 9.77. The van der Waals surface area contributed by atoms with Crippen LogP contribution in [0.1, 0.15) is 59.1 Å². The zero-order valence-electron chi connectivity index (χ0n) is 49.5. The second-order valence-corrected chi connectivity index (χ2v) is 23.1.